The maximum absolute atomic E-state index is 12.6. The van der Waals surface area contributed by atoms with Crippen LogP contribution in [0.1, 0.15) is 31.4 Å². The number of nitrogens with zero attached hydrogens (tertiary/aromatic N) is 1. The van der Waals surface area contributed by atoms with Crippen LogP contribution in [0.15, 0.2) is 22.7 Å². The van der Waals surface area contributed by atoms with Crippen molar-refractivity contribution >= 4 is 21.6 Å². The van der Waals surface area contributed by atoms with Gasteiger partial charge in [-0.15, -0.1) is 0 Å². The van der Waals surface area contributed by atoms with E-state index < -0.39 is 18.2 Å². The molecule has 1 fully saturated rings. The lowest BCUT2D eigenvalue weighted by atomic mass is 9.96. The van der Waals surface area contributed by atoms with E-state index in [0.717, 1.165) is 15.7 Å². The van der Waals surface area contributed by atoms with E-state index in [-0.39, 0.29) is 12.8 Å². The van der Waals surface area contributed by atoms with Crippen molar-refractivity contribution in [3.8, 4) is 0 Å². The predicted octanol–water partition coefficient (Wildman–Crippen LogP) is 4.28. The Morgan fingerprint density at radius 1 is 1.30 bits per heavy atom. The molecule has 1 aromatic rings. The van der Waals surface area contributed by atoms with E-state index in [2.05, 4.69) is 15.9 Å². The van der Waals surface area contributed by atoms with Gasteiger partial charge in [0.1, 0.15) is 0 Å². The number of hydrogen-bond acceptors (Lipinski definition) is 2. The fourth-order valence-corrected chi connectivity index (χ4v) is 3.13. The molecule has 0 amide bonds. The van der Waals surface area contributed by atoms with E-state index >= 15 is 0 Å². The Morgan fingerprint density at radius 2 is 1.90 bits per heavy atom. The van der Waals surface area contributed by atoms with Crippen LogP contribution in [0.3, 0.4) is 0 Å². The Labute approximate surface area is 124 Å². The van der Waals surface area contributed by atoms with Gasteiger partial charge in [0.05, 0.1) is 17.7 Å². The molecule has 0 aromatic heterocycles. The van der Waals surface area contributed by atoms with Gasteiger partial charge in [0.15, 0.2) is 0 Å². The van der Waals surface area contributed by atoms with Crippen LogP contribution >= 0.6 is 15.9 Å². The quantitative estimate of drug-likeness (QED) is 0.859. The van der Waals surface area contributed by atoms with Crippen LogP contribution in [-0.4, -0.2) is 24.4 Å². The van der Waals surface area contributed by atoms with Gasteiger partial charge >= 0.3 is 6.18 Å². The highest BCUT2D eigenvalue weighted by molar-refractivity contribution is 9.10. The maximum Gasteiger partial charge on any atom is 0.391 e. The van der Waals surface area contributed by atoms with Crippen LogP contribution in [0.4, 0.5) is 18.9 Å². The van der Waals surface area contributed by atoms with E-state index in [4.69, 9.17) is 0 Å². The first-order valence-corrected chi connectivity index (χ1v) is 7.37. The Hall–Kier alpha value is -0.750. The first kappa shape index (κ1) is 15.6. The Balaban J connectivity index is 2.07. The fraction of sp³-hybridized carbons (Fsp3) is 0.571. The monoisotopic (exact) mass is 351 g/mol. The number of aliphatic hydroxyl groups is 1. The van der Waals surface area contributed by atoms with Gasteiger partial charge in [0.2, 0.25) is 0 Å². The summed E-state index contributed by atoms with van der Waals surface area (Å²) < 4.78 is 38.7. The summed E-state index contributed by atoms with van der Waals surface area (Å²) in [6.07, 6.45) is -4.38. The maximum atomic E-state index is 12.6. The van der Waals surface area contributed by atoms with Gasteiger partial charge in [-0.3, -0.25) is 0 Å². The van der Waals surface area contributed by atoms with E-state index in [1.807, 2.05) is 17.0 Å². The summed E-state index contributed by atoms with van der Waals surface area (Å²) in [7, 11) is 0. The Bertz CT molecular complexity index is 468. The summed E-state index contributed by atoms with van der Waals surface area (Å²) in [4.78, 5) is 1.96. The van der Waals surface area contributed by atoms with Crippen molar-refractivity contribution in [3.63, 3.8) is 0 Å². The Kier molecular flexibility index (Phi) is 4.64. The lowest BCUT2D eigenvalue weighted by Crippen LogP contribution is -2.39. The number of piperidine rings is 1. The third-order valence-corrected chi connectivity index (χ3v) is 4.39. The zero-order valence-electron chi connectivity index (χ0n) is 11.1. The first-order valence-electron chi connectivity index (χ1n) is 6.58. The zero-order chi connectivity index (χ0) is 14.9. The molecule has 1 saturated heterocycles. The van der Waals surface area contributed by atoms with Gasteiger partial charge in [-0.2, -0.15) is 13.2 Å². The summed E-state index contributed by atoms with van der Waals surface area (Å²) in [5, 5.41) is 9.51. The molecule has 0 saturated carbocycles. The molecule has 112 valence electrons. The third-order valence-electron chi connectivity index (χ3n) is 3.75. The lowest BCUT2D eigenvalue weighted by Gasteiger charge is -2.35. The van der Waals surface area contributed by atoms with Gasteiger partial charge in [-0.25, -0.2) is 0 Å². The molecular weight excluding hydrogens is 335 g/mol. The highest BCUT2D eigenvalue weighted by Gasteiger charge is 2.41. The molecule has 0 spiro atoms. The van der Waals surface area contributed by atoms with Crippen LogP contribution in [0.25, 0.3) is 0 Å². The minimum Gasteiger partial charge on any atom is -0.389 e. The summed E-state index contributed by atoms with van der Waals surface area (Å²) in [6, 6.07) is 5.47. The number of rotatable bonds is 2. The summed E-state index contributed by atoms with van der Waals surface area (Å²) >= 11 is 3.43. The third kappa shape index (κ3) is 3.47. The predicted molar refractivity (Wildman–Crippen MR) is 75.8 cm³/mol. The average molecular weight is 352 g/mol. The molecule has 1 aliphatic heterocycles. The molecule has 1 aromatic carbocycles. The van der Waals surface area contributed by atoms with Crippen molar-refractivity contribution in [2.45, 2.75) is 32.0 Å². The fourth-order valence-electron chi connectivity index (χ4n) is 2.49. The summed E-state index contributed by atoms with van der Waals surface area (Å²) in [6.45, 7) is 2.48. The number of alkyl halides is 3. The largest absolute Gasteiger partial charge is 0.391 e. The molecule has 1 aliphatic rings. The number of halogens is 4. The van der Waals surface area contributed by atoms with Crippen LogP contribution < -0.4 is 4.90 Å². The SMILES string of the molecule is C[C@H](O)c1ccc(N2CCC(C(F)(F)F)CC2)c(Br)c1. The number of benzene rings is 1. The summed E-state index contributed by atoms with van der Waals surface area (Å²) in [5.74, 6) is -1.19. The van der Waals surface area contributed by atoms with E-state index in [1.165, 1.54) is 0 Å². The van der Waals surface area contributed by atoms with Gasteiger partial charge in [-0.1, -0.05) is 6.07 Å². The van der Waals surface area contributed by atoms with Gasteiger partial charge < -0.3 is 10.0 Å². The minimum atomic E-state index is -4.08. The van der Waals surface area contributed by atoms with Crippen molar-refractivity contribution in [2.75, 3.05) is 18.0 Å². The molecule has 20 heavy (non-hydrogen) atoms. The van der Waals surface area contributed by atoms with Crippen molar-refractivity contribution in [2.24, 2.45) is 5.92 Å². The number of hydrogen-bond donors (Lipinski definition) is 1. The molecule has 1 atom stereocenters. The normalized spacial score (nSPS) is 19.2. The topological polar surface area (TPSA) is 23.5 Å². The average Bonchev–Trinajstić information content (AvgIpc) is 2.37. The molecule has 1 heterocycles. The molecule has 2 nitrogen and oxygen atoms in total. The highest BCUT2D eigenvalue weighted by Crippen LogP contribution is 2.37. The second-order valence-corrected chi connectivity index (χ2v) is 6.04. The molecule has 0 bridgehead atoms. The van der Waals surface area contributed by atoms with Crippen LogP contribution in [0.5, 0.6) is 0 Å². The van der Waals surface area contributed by atoms with Crippen molar-refractivity contribution < 1.29 is 18.3 Å². The second-order valence-electron chi connectivity index (χ2n) is 5.19. The second kappa shape index (κ2) is 5.93. The molecule has 1 N–H and O–H groups in total. The zero-order valence-corrected chi connectivity index (χ0v) is 12.7. The number of anilines is 1. The molecule has 0 aliphatic carbocycles. The van der Waals surface area contributed by atoms with E-state index in [1.54, 1.807) is 13.0 Å². The summed E-state index contributed by atoms with van der Waals surface area (Å²) in [5.41, 5.74) is 1.67. The van der Waals surface area contributed by atoms with Gasteiger partial charge in [-0.05, 0) is 53.4 Å². The Morgan fingerprint density at radius 3 is 2.35 bits per heavy atom. The molecule has 6 heteroatoms. The minimum absolute atomic E-state index is 0.133. The van der Waals surface area contributed by atoms with E-state index in [0.29, 0.717) is 13.1 Å². The smallest absolute Gasteiger partial charge is 0.389 e. The lowest BCUT2D eigenvalue weighted by molar-refractivity contribution is -0.179. The van der Waals surface area contributed by atoms with Crippen molar-refractivity contribution in [1.82, 2.24) is 0 Å². The van der Waals surface area contributed by atoms with Crippen LogP contribution in [0.2, 0.25) is 0 Å². The van der Waals surface area contributed by atoms with Gasteiger partial charge in [0.25, 0.3) is 0 Å². The van der Waals surface area contributed by atoms with Crippen LogP contribution in [0, 0.1) is 5.92 Å². The van der Waals surface area contributed by atoms with E-state index in [9.17, 15) is 18.3 Å². The van der Waals surface area contributed by atoms with Crippen LogP contribution in [-0.2, 0) is 0 Å². The van der Waals surface area contributed by atoms with Crippen molar-refractivity contribution in [1.29, 1.82) is 0 Å². The molecular formula is C14H17BrF3NO. The molecule has 0 unspecified atom stereocenters. The molecule has 2 rings (SSSR count). The standard InChI is InChI=1S/C14H17BrF3NO/c1-9(20)10-2-3-13(12(15)8-10)19-6-4-11(5-7-19)14(16,17)18/h2-3,8-9,11,20H,4-7H2,1H3/t9-/m0/s1. The highest BCUT2D eigenvalue weighted by atomic mass is 79.9. The van der Waals surface area contributed by atoms with Gasteiger partial charge in [0, 0.05) is 17.6 Å². The first-order chi connectivity index (χ1) is 9.29. The van der Waals surface area contributed by atoms with Crippen molar-refractivity contribution in [3.05, 3.63) is 28.2 Å². The molecule has 0 radical (unpaired) electrons. The number of aliphatic hydroxyl groups excluding tert-OH is 1.